The summed E-state index contributed by atoms with van der Waals surface area (Å²) in [6.45, 7) is 3.50. The van der Waals surface area contributed by atoms with Crippen molar-refractivity contribution in [2.24, 2.45) is 0 Å². The van der Waals surface area contributed by atoms with Crippen LogP contribution in [-0.4, -0.2) is 70.6 Å². The minimum absolute atomic E-state index is 0.0760. The van der Waals surface area contributed by atoms with Crippen molar-refractivity contribution in [2.75, 3.05) is 39.5 Å². The first-order chi connectivity index (χ1) is 22.2. The molecule has 1 N–H and O–H groups in total. The summed E-state index contributed by atoms with van der Waals surface area (Å²) in [5.41, 5.74) is -2.06. The normalized spacial score (nSPS) is 17.1. The first-order valence-corrected chi connectivity index (χ1v) is 16.2. The smallest absolute Gasteiger partial charge is 0.416 e. The summed E-state index contributed by atoms with van der Waals surface area (Å²) in [4.78, 5) is 28.9. The van der Waals surface area contributed by atoms with Gasteiger partial charge >= 0.3 is 18.3 Å². The Morgan fingerprint density at radius 1 is 1.00 bits per heavy atom. The Hall–Kier alpha value is -3.44. The van der Waals surface area contributed by atoms with Gasteiger partial charge in [-0.1, -0.05) is 24.0 Å². The lowest BCUT2D eigenvalue weighted by Gasteiger charge is -2.27. The van der Waals surface area contributed by atoms with Crippen molar-refractivity contribution in [1.29, 1.82) is 0 Å². The van der Waals surface area contributed by atoms with E-state index in [1.54, 1.807) is 12.1 Å². The van der Waals surface area contributed by atoms with Crippen LogP contribution < -0.4 is 4.74 Å². The van der Waals surface area contributed by atoms with Crippen LogP contribution in [0.3, 0.4) is 0 Å². The van der Waals surface area contributed by atoms with E-state index in [2.05, 4.69) is 4.90 Å². The maximum atomic E-state index is 13.3. The molecule has 2 aliphatic heterocycles. The van der Waals surface area contributed by atoms with Gasteiger partial charge in [0.2, 0.25) is 0 Å². The fourth-order valence-electron chi connectivity index (χ4n) is 4.91. The molecule has 0 spiro atoms. The molecule has 0 aliphatic carbocycles. The predicted molar refractivity (Wildman–Crippen MR) is 169 cm³/mol. The molecule has 2 aliphatic rings. The number of thiocarbonyl (C=S) groups is 1. The Bertz CT molecular complexity index is 1670. The average molecular weight is 717 g/mol. The number of ether oxygens (including phenoxy) is 2. The second-order valence-corrected chi connectivity index (χ2v) is 13.2. The van der Waals surface area contributed by atoms with E-state index in [1.807, 2.05) is 0 Å². The Kier molecular flexibility index (Phi) is 10.7. The number of benzene rings is 2. The van der Waals surface area contributed by atoms with Crippen LogP contribution in [0.5, 0.6) is 5.75 Å². The third kappa shape index (κ3) is 8.73. The third-order valence-corrected chi connectivity index (χ3v) is 9.53. The van der Waals surface area contributed by atoms with E-state index < -0.39 is 29.4 Å². The van der Waals surface area contributed by atoms with Crippen LogP contribution in [-0.2, 0) is 28.4 Å². The summed E-state index contributed by atoms with van der Waals surface area (Å²) in [5.74, 6) is -0.900. The van der Waals surface area contributed by atoms with Gasteiger partial charge in [-0.05, 0) is 71.5 Å². The minimum Gasteiger partial charge on any atom is -0.493 e. The molecular weight excluding hydrogens is 691 g/mol. The molecule has 16 heteroatoms. The highest BCUT2D eigenvalue weighted by Gasteiger charge is 2.37. The topological polar surface area (TPSA) is 79.3 Å². The second kappa shape index (κ2) is 14.4. The molecule has 0 radical (unpaired) electrons. The van der Waals surface area contributed by atoms with Gasteiger partial charge in [0.05, 0.1) is 41.4 Å². The number of hydrogen-bond donors (Lipinski definition) is 1. The number of amides is 1. The van der Waals surface area contributed by atoms with E-state index in [0.717, 1.165) is 28.7 Å². The monoisotopic (exact) mass is 716 g/mol. The molecular formula is C31H26F6N2O5S3. The van der Waals surface area contributed by atoms with Gasteiger partial charge in [0, 0.05) is 36.6 Å². The third-order valence-electron chi connectivity index (χ3n) is 7.28. The van der Waals surface area contributed by atoms with Crippen LogP contribution in [0.1, 0.15) is 38.3 Å². The summed E-state index contributed by atoms with van der Waals surface area (Å²) in [6.07, 6.45) is -8.03. The number of rotatable bonds is 10. The standard InChI is InChI=1S/C31H26F6N2O5S3/c32-30(33,34)22-11-19(12-23(14-22)31(35,36)37)21-13-24(46-17-21)15-26-27(40)39(29(45)47-26)4-1-7-44-25-3-2-18(28(41)42)10-20(25)16-38-5-8-43-9-6-38/h2-3,10-15,17H,1,4-9,16H2,(H,41,42). The van der Waals surface area contributed by atoms with Gasteiger partial charge in [0.15, 0.2) is 0 Å². The zero-order chi connectivity index (χ0) is 33.9. The molecule has 3 heterocycles. The molecule has 0 bridgehead atoms. The van der Waals surface area contributed by atoms with Gasteiger partial charge in [-0.25, -0.2) is 4.79 Å². The number of carbonyl (C=O) groups excluding carboxylic acids is 1. The largest absolute Gasteiger partial charge is 0.493 e. The van der Waals surface area contributed by atoms with Crippen molar-refractivity contribution in [3.63, 3.8) is 0 Å². The molecule has 0 unspecified atom stereocenters. The van der Waals surface area contributed by atoms with Crippen LogP contribution in [0.4, 0.5) is 26.3 Å². The van der Waals surface area contributed by atoms with Crippen LogP contribution in [0.2, 0.25) is 0 Å². The quantitative estimate of drug-likeness (QED) is 0.0993. The van der Waals surface area contributed by atoms with E-state index in [-0.39, 0.29) is 46.7 Å². The fraction of sp³-hybridized carbons (Fsp3) is 0.323. The summed E-state index contributed by atoms with van der Waals surface area (Å²) in [6, 6.07) is 7.48. The summed E-state index contributed by atoms with van der Waals surface area (Å²) >= 11 is 7.49. The molecule has 47 heavy (non-hydrogen) atoms. The van der Waals surface area contributed by atoms with Crippen LogP contribution in [0.15, 0.2) is 52.7 Å². The van der Waals surface area contributed by atoms with Crippen molar-refractivity contribution in [1.82, 2.24) is 9.80 Å². The Morgan fingerprint density at radius 2 is 1.68 bits per heavy atom. The van der Waals surface area contributed by atoms with E-state index in [4.69, 9.17) is 21.7 Å². The number of carbonyl (C=O) groups is 2. The highest BCUT2D eigenvalue weighted by atomic mass is 32.2. The number of aromatic carboxylic acids is 1. The molecule has 0 saturated carbocycles. The fourth-order valence-corrected chi connectivity index (χ4v) is 7.13. The van der Waals surface area contributed by atoms with Crippen molar-refractivity contribution >= 4 is 57.6 Å². The predicted octanol–water partition coefficient (Wildman–Crippen LogP) is 7.65. The Labute approximate surface area is 278 Å². The van der Waals surface area contributed by atoms with E-state index in [1.165, 1.54) is 28.5 Å². The minimum atomic E-state index is -4.97. The highest BCUT2D eigenvalue weighted by Crippen LogP contribution is 2.40. The number of nitrogens with zero attached hydrogens (tertiary/aromatic N) is 2. The molecule has 250 valence electrons. The number of carboxylic acid groups (broad SMARTS) is 1. The number of carboxylic acids is 1. The lowest BCUT2D eigenvalue weighted by molar-refractivity contribution is -0.143. The SMILES string of the molecule is O=C(O)c1ccc(OCCCN2C(=O)C(=Cc3cc(-c4cc(C(F)(F)F)cc(C(F)(F)F)c4)cs3)SC2=S)c(CN2CCOCC2)c1. The zero-order valence-corrected chi connectivity index (χ0v) is 26.8. The lowest BCUT2D eigenvalue weighted by atomic mass is 10.0. The van der Waals surface area contributed by atoms with Gasteiger partial charge in [0.25, 0.3) is 5.91 Å². The Balaban J connectivity index is 1.23. The first-order valence-electron chi connectivity index (χ1n) is 14.1. The number of alkyl halides is 6. The molecule has 5 rings (SSSR count). The maximum Gasteiger partial charge on any atom is 0.416 e. The zero-order valence-electron chi connectivity index (χ0n) is 24.3. The first kappa shape index (κ1) is 34.9. The number of thiophene rings is 1. The van der Waals surface area contributed by atoms with Gasteiger partial charge in [0.1, 0.15) is 10.1 Å². The number of hydrogen-bond acceptors (Lipinski definition) is 8. The molecule has 2 fully saturated rings. The average Bonchev–Trinajstić information content (AvgIpc) is 3.59. The molecule has 2 aromatic carbocycles. The van der Waals surface area contributed by atoms with Gasteiger partial charge < -0.3 is 14.6 Å². The van der Waals surface area contributed by atoms with Crippen LogP contribution in [0, 0.1) is 0 Å². The van der Waals surface area contributed by atoms with Crippen molar-refractivity contribution in [3.8, 4) is 16.9 Å². The van der Waals surface area contributed by atoms with Gasteiger partial charge in [-0.2, -0.15) is 26.3 Å². The molecule has 7 nitrogen and oxygen atoms in total. The van der Waals surface area contributed by atoms with Crippen LogP contribution in [0.25, 0.3) is 17.2 Å². The van der Waals surface area contributed by atoms with Gasteiger partial charge in [-0.3, -0.25) is 14.6 Å². The molecule has 3 aromatic rings. The maximum absolute atomic E-state index is 13.3. The van der Waals surface area contributed by atoms with Crippen molar-refractivity contribution < 1.29 is 50.5 Å². The van der Waals surface area contributed by atoms with Gasteiger partial charge in [-0.15, -0.1) is 11.3 Å². The number of thioether (sulfide) groups is 1. The van der Waals surface area contributed by atoms with Crippen LogP contribution >= 0.6 is 35.3 Å². The lowest BCUT2D eigenvalue weighted by Crippen LogP contribution is -2.35. The van der Waals surface area contributed by atoms with E-state index >= 15 is 0 Å². The number of halogens is 6. The summed E-state index contributed by atoms with van der Waals surface area (Å²) in [7, 11) is 0. The Morgan fingerprint density at radius 3 is 2.32 bits per heavy atom. The van der Waals surface area contributed by atoms with Crippen molar-refractivity contribution in [3.05, 3.63) is 79.9 Å². The highest BCUT2D eigenvalue weighted by molar-refractivity contribution is 8.26. The number of morpholine rings is 1. The second-order valence-electron chi connectivity index (χ2n) is 10.6. The molecule has 0 atom stereocenters. The van der Waals surface area contributed by atoms with Crippen molar-refractivity contribution in [2.45, 2.75) is 25.3 Å². The molecule has 1 amide bonds. The van der Waals surface area contributed by atoms with E-state index in [9.17, 15) is 41.0 Å². The molecule has 2 saturated heterocycles. The summed E-state index contributed by atoms with van der Waals surface area (Å²) < 4.78 is 91.6. The molecule has 1 aromatic heterocycles. The summed E-state index contributed by atoms with van der Waals surface area (Å²) in [5, 5.41) is 10.9. The van der Waals surface area contributed by atoms with E-state index in [0.29, 0.717) is 66.3 Å².